The van der Waals surface area contributed by atoms with Gasteiger partial charge in [0.25, 0.3) is 0 Å². The van der Waals surface area contributed by atoms with Gasteiger partial charge in [-0.05, 0) is 42.5 Å². The van der Waals surface area contributed by atoms with Gasteiger partial charge in [-0.2, -0.15) is 13.2 Å². The number of nitrogens with zero attached hydrogens (tertiary/aromatic N) is 2. The van der Waals surface area contributed by atoms with Crippen molar-refractivity contribution in [2.45, 2.75) is 6.18 Å². The molecular weight excluding hydrogens is 369 g/mol. The Morgan fingerprint density at radius 2 is 1.69 bits per heavy atom. The van der Waals surface area contributed by atoms with Crippen LogP contribution in [0.1, 0.15) is 5.56 Å². The van der Waals surface area contributed by atoms with Crippen molar-refractivity contribution in [2.75, 3.05) is 10.6 Å². The highest BCUT2D eigenvalue weighted by Crippen LogP contribution is 2.36. The highest BCUT2D eigenvalue weighted by atomic mass is 35.5. The summed E-state index contributed by atoms with van der Waals surface area (Å²) in [6.45, 7) is 0. The minimum Gasteiger partial charge on any atom is -0.308 e. The summed E-state index contributed by atoms with van der Waals surface area (Å²) in [5, 5.41) is 4.46. The average molecular weight is 381 g/mol. The predicted octanol–water partition coefficient (Wildman–Crippen LogP) is 5.19. The lowest BCUT2D eigenvalue weighted by molar-refractivity contribution is -0.137. The third-order valence-electron chi connectivity index (χ3n) is 3.46. The van der Waals surface area contributed by atoms with Crippen molar-refractivity contribution in [1.82, 2.24) is 9.55 Å². The third-order valence-corrected chi connectivity index (χ3v) is 3.79. The maximum absolute atomic E-state index is 12.8. The second kappa shape index (κ2) is 7.09. The van der Waals surface area contributed by atoms with E-state index in [1.165, 1.54) is 6.07 Å². The fourth-order valence-electron chi connectivity index (χ4n) is 2.24. The van der Waals surface area contributed by atoms with Gasteiger partial charge in [0.05, 0.1) is 16.9 Å². The van der Waals surface area contributed by atoms with Crippen LogP contribution in [0.25, 0.3) is 5.69 Å². The minimum atomic E-state index is -4.60. The Kier molecular flexibility index (Phi) is 4.85. The van der Waals surface area contributed by atoms with Crippen LogP contribution in [0.15, 0.2) is 61.2 Å². The summed E-state index contributed by atoms with van der Waals surface area (Å²) in [6, 6.07) is 9.35. The van der Waals surface area contributed by atoms with Gasteiger partial charge in [0.2, 0.25) is 0 Å². The minimum absolute atomic E-state index is 0.0192. The number of imidazole rings is 1. The van der Waals surface area contributed by atoms with E-state index in [2.05, 4.69) is 15.6 Å². The van der Waals surface area contributed by atoms with Crippen molar-refractivity contribution < 1.29 is 18.0 Å². The lowest BCUT2D eigenvalue weighted by atomic mass is 10.2. The first-order valence-electron chi connectivity index (χ1n) is 7.36. The monoisotopic (exact) mass is 380 g/mol. The number of rotatable bonds is 3. The standard InChI is InChI=1S/C17H12ClF3N4O/c18-15-6-3-12(9-14(15)17(19,20)21)24-16(26)23-11-1-4-13(5-2-11)25-8-7-22-10-25/h1-10H,(H2,23,24,26). The van der Waals surface area contributed by atoms with Gasteiger partial charge in [0.1, 0.15) is 0 Å². The lowest BCUT2D eigenvalue weighted by Gasteiger charge is -2.12. The van der Waals surface area contributed by atoms with Crippen LogP contribution in [0.4, 0.5) is 29.3 Å². The molecule has 2 N–H and O–H groups in total. The summed E-state index contributed by atoms with van der Waals surface area (Å²) in [6.07, 6.45) is 0.442. The number of anilines is 2. The number of carbonyl (C=O) groups is 1. The SMILES string of the molecule is O=C(Nc1ccc(-n2ccnc2)cc1)Nc1ccc(Cl)c(C(F)(F)F)c1. The highest BCUT2D eigenvalue weighted by molar-refractivity contribution is 6.31. The summed E-state index contributed by atoms with van der Waals surface area (Å²) in [4.78, 5) is 15.9. The molecule has 2 amide bonds. The molecule has 26 heavy (non-hydrogen) atoms. The van der Waals surface area contributed by atoms with E-state index in [1.54, 1.807) is 47.6 Å². The van der Waals surface area contributed by atoms with Crippen LogP contribution in [0, 0.1) is 0 Å². The van der Waals surface area contributed by atoms with Gasteiger partial charge in [0, 0.05) is 29.5 Å². The van der Waals surface area contributed by atoms with Crippen LogP contribution in [-0.4, -0.2) is 15.6 Å². The number of halogens is 4. The smallest absolute Gasteiger partial charge is 0.308 e. The second-order valence-corrected chi connectivity index (χ2v) is 5.70. The first-order chi connectivity index (χ1) is 12.3. The molecule has 0 unspecified atom stereocenters. The molecule has 0 aliphatic rings. The molecule has 0 radical (unpaired) electrons. The number of hydrogen-bond acceptors (Lipinski definition) is 2. The zero-order chi connectivity index (χ0) is 18.7. The first-order valence-corrected chi connectivity index (χ1v) is 7.74. The Labute approximate surface area is 151 Å². The maximum atomic E-state index is 12.8. The predicted molar refractivity (Wildman–Crippen MR) is 92.7 cm³/mol. The van der Waals surface area contributed by atoms with Crippen molar-refractivity contribution in [2.24, 2.45) is 0 Å². The van der Waals surface area contributed by atoms with Crippen molar-refractivity contribution in [3.05, 3.63) is 71.8 Å². The maximum Gasteiger partial charge on any atom is 0.417 e. The molecule has 1 heterocycles. The van der Waals surface area contributed by atoms with Crippen LogP contribution in [0.5, 0.6) is 0 Å². The Bertz CT molecular complexity index is 909. The van der Waals surface area contributed by atoms with Crippen LogP contribution in [0.3, 0.4) is 0 Å². The molecule has 0 aliphatic carbocycles. The molecule has 3 rings (SSSR count). The Balaban J connectivity index is 1.68. The number of benzene rings is 2. The summed E-state index contributed by atoms with van der Waals surface area (Å²) < 4.78 is 40.3. The Morgan fingerprint density at radius 3 is 2.31 bits per heavy atom. The van der Waals surface area contributed by atoms with Gasteiger partial charge in [-0.25, -0.2) is 9.78 Å². The van der Waals surface area contributed by atoms with Crippen LogP contribution in [0.2, 0.25) is 5.02 Å². The van der Waals surface area contributed by atoms with E-state index in [0.717, 1.165) is 17.8 Å². The first kappa shape index (κ1) is 17.8. The van der Waals surface area contributed by atoms with E-state index in [9.17, 15) is 18.0 Å². The number of carbonyl (C=O) groups excluding carboxylic acids is 1. The number of urea groups is 1. The quantitative estimate of drug-likeness (QED) is 0.657. The number of aromatic nitrogens is 2. The zero-order valence-electron chi connectivity index (χ0n) is 13.1. The molecule has 5 nitrogen and oxygen atoms in total. The van der Waals surface area contributed by atoms with Crippen LogP contribution < -0.4 is 10.6 Å². The molecule has 0 fully saturated rings. The van der Waals surface area contributed by atoms with Gasteiger partial charge in [0.15, 0.2) is 0 Å². The van der Waals surface area contributed by atoms with E-state index in [1.807, 2.05) is 0 Å². The molecule has 0 bridgehead atoms. The van der Waals surface area contributed by atoms with Crippen molar-refractivity contribution in [3.8, 4) is 5.69 Å². The van der Waals surface area contributed by atoms with Crippen molar-refractivity contribution in [1.29, 1.82) is 0 Å². The topological polar surface area (TPSA) is 59.0 Å². The van der Waals surface area contributed by atoms with E-state index in [-0.39, 0.29) is 5.69 Å². The fraction of sp³-hybridized carbons (Fsp3) is 0.0588. The van der Waals surface area contributed by atoms with Gasteiger partial charge in [-0.15, -0.1) is 0 Å². The summed E-state index contributed by atoms with van der Waals surface area (Å²) in [5.74, 6) is 0. The summed E-state index contributed by atoms with van der Waals surface area (Å²) >= 11 is 5.55. The number of alkyl halides is 3. The molecular formula is C17H12ClF3N4O. The van der Waals surface area contributed by atoms with Gasteiger partial charge in [-0.1, -0.05) is 11.6 Å². The Hall–Kier alpha value is -3.00. The zero-order valence-corrected chi connectivity index (χ0v) is 13.8. The summed E-state index contributed by atoms with van der Waals surface area (Å²) in [5.41, 5.74) is 0.299. The van der Waals surface area contributed by atoms with E-state index in [4.69, 9.17) is 11.6 Å². The van der Waals surface area contributed by atoms with Crippen molar-refractivity contribution in [3.63, 3.8) is 0 Å². The molecule has 3 aromatic rings. The molecule has 0 aliphatic heterocycles. The molecule has 0 saturated carbocycles. The van der Waals surface area contributed by atoms with E-state index >= 15 is 0 Å². The normalized spacial score (nSPS) is 11.2. The van der Waals surface area contributed by atoms with E-state index < -0.39 is 22.8 Å². The van der Waals surface area contributed by atoms with E-state index in [0.29, 0.717) is 5.69 Å². The fourth-order valence-corrected chi connectivity index (χ4v) is 2.47. The van der Waals surface area contributed by atoms with Gasteiger partial charge in [-0.3, -0.25) is 0 Å². The molecule has 0 saturated heterocycles. The Morgan fingerprint density at radius 1 is 1.04 bits per heavy atom. The van der Waals surface area contributed by atoms with Gasteiger partial charge < -0.3 is 15.2 Å². The molecule has 0 atom stereocenters. The highest BCUT2D eigenvalue weighted by Gasteiger charge is 2.33. The lowest BCUT2D eigenvalue weighted by Crippen LogP contribution is -2.20. The number of amides is 2. The molecule has 9 heteroatoms. The molecule has 1 aromatic heterocycles. The molecule has 134 valence electrons. The van der Waals surface area contributed by atoms with Gasteiger partial charge >= 0.3 is 12.2 Å². The summed E-state index contributed by atoms with van der Waals surface area (Å²) in [7, 11) is 0. The third kappa shape index (κ3) is 4.15. The number of nitrogens with one attached hydrogen (secondary N) is 2. The number of hydrogen-bond donors (Lipinski definition) is 2. The molecule has 0 spiro atoms. The molecule has 2 aromatic carbocycles. The van der Waals surface area contributed by atoms with Crippen molar-refractivity contribution >= 4 is 29.0 Å². The van der Waals surface area contributed by atoms with Crippen LogP contribution >= 0.6 is 11.6 Å². The second-order valence-electron chi connectivity index (χ2n) is 5.29. The average Bonchev–Trinajstić information content (AvgIpc) is 3.11. The largest absolute Gasteiger partial charge is 0.417 e. The van der Waals surface area contributed by atoms with Crippen LogP contribution in [-0.2, 0) is 6.18 Å².